The summed E-state index contributed by atoms with van der Waals surface area (Å²) >= 11 is 0. The third-order valence-corrected chi connectivity index (χ3v) is 13.6. The molecule has 0 bridgehead atoms. The Labute approximate surface area is 184 Å². The summed E-state index contributed by atoms with van der Waals surface area (Å²) in [4.78, 5) is 23.7. The fourth-order valence-electron chi connectivity index (χ4n) is 6.20. The van der Waals surface area contributed by atoms with Crippen LogP contribution in [0.1, 0.15) is 67.2 Å². The third-order valence-electron chi connectivity index (χ3n) is 7.52. The van der Waals surface area contributed by atoms with Gasteiger partial charge in [-0.15, -0.1) is 0 Å². The van der Waals surface area contributed by atoms with Crippen LogP contribution in [0.25, 0.3) is 0 Å². The van der Waals surface area contributed by atoms with Crippen molar-refractivity contribution in [2.24, 2.45) is 23.7 Å². The Morgan fingerprint density at radius 3 is 2.37 bits per heavy atom. The zero-order valence-corrected chi connectivity index (χ0v) is 21.0. The van der Waals surface area contributed by atoms with Crippen molar-refractivity contribution < 1.29 is 18.8 Å². The van der Waals surface area contributed by atoms with Crippen molar-refractivity contribution >= 4 is 20.1 Å². The summed E-state index contributed by atoms with van der Waals surface area (Å²) < 4.78 is 11.5. The van der Waals surface area contributed by atoms with Crippen LogP contribution in [0.3, 0.4) is 0 Å². The Balaban J connectivity index is 2.06. The minimum absolute atomic E-state index is 0.132. The smallest absolute Gasteiger partial charge is 0.305 e. The van der Waals surface area contributed by atoms with Gasteiger partial charge in [-0.2, -0.15) is 0 Å². The molecule has 1 saturated carbocycles. The second kappa shape index (κ2) is 10.9. The fourth-order valence-corrected chi connectivity index (χ4v) is 11.7. The van der Waals surface area contributed by atoms with E-state index in [1.54, 1.807) is 6.08 Å². The van der Waals surface area contributed by atoms with E-state index in [-0.39, 0.29) is 17.7 Å². The van der Waals surface area contributed by atoms with Gasteiger partial charge in [-0.25, -0.2) is 0 Å². The fraction of sp³-hybridized carbons (Fsp3) is 0.760. The van der Waals surface area contributed by atoms with Gasteiger partial charge in [0.25, 0.3) is 0 Å². The van der Waals surface area contributed by atoms with E-state index in [1.165, 1.54) is 7.11 Å². The molecular formula is C25H42O4Si. The van der Waals surface area contributed by atoms with E-state index in [2.05, 4.69) is 59.8 Å². The monoisotopic (exact) mass is 434 g/mol. The van der Waals surface area contributed by atoms with Gasteiger partial charge < -0.3 is 9.16 Å². The summed E-state index contributed by atoms with van der Waals surface area (Å²) in [5.74, 6) is 1.39. The van der Waals surface area contributed by atoms with E-state index >= 15 is 0 Å². The summed E-state index contributed by atoms with van der Waals surface area (Å²) in [5, 5.41) is 0. The molecule has 2 rings (SSSR count). The van der Waals surface area contributed by atoms with Gasteiger partial charge >= 0.3 is 5.97 Å². The lowest BCUT2D eigenvalue weighted by atomic mass is 9.86. The molecule has 0 radical (unpaired) electrons. The molecule has 2 aliphatic carbocycles. The molecule has 0 aromatic rings. The Morgan fingerprint density at radius 2 is 1.80 bits per heavy atom. The van der Waals surface area contributed by atoms with Crippen molar-refractivity contribution in [1.29, 1.82) is 0 Å². The topological polar surface area (TPSA) is 52.6 Å². The molecule has 2 aliphatic rings. The molecule has 0 amide bonds. The maximum atomic E-state index is 12.3. The molecule has 0 aromatic heterocycles. The predicted octanol–water partition coefficient (Wildman–Crippen LogP) is 6.09. The quantitative estimate of drug-likeness (QED) is 0.224. The number of hydrogen-bond acceptors (Lipinski definition) is 4. The molecule has 0 spiro atoms. The zero-order chi connectivity index (χ0) is 22.5. The van der Waals surface area contributed by atoms with Crippen LogP contribution >= 0.6 is 0 Å². The largest absolute Gasteiger partial charge is 0.469 e. The number of hydrogen-bond donors (Lipinski definition) is 0. The molecule has 30 heavy (non-hydrogen) atoms. The molecule has 5 heteroatoms. The summed E-state index contributed by atoms with van der Waals surface area (Å²) in [6, 6.07) is 0. The van der Waals surface area contributed by atoms with E-state index < -0.39 is 8.32 Å². The van der Waals surface area contributed by atoms with Crippen molar-refractivity contribution in [3.63, 3.8) is 0 Å². The van der Waals surface area contributed by atoms with Crippen molar-refractivity contribution in [3.05, 3.63) is 24.3 Å². The van der Waals surface area contributed by atoms with Gasteiger partial charge in [0, 0.05) is 18.9 Å². The highest BCUT2D eigenvalue weighted by Gasteiger charge is 2.47. The highest BCUT2D eigenvalue weighted by atomic mass is 28.4. The third kappa shape index (κ3) is 5.34. The average molecular weight is 435 g/mol. The Bertz CT molecular complexity index is 628. The number of rotatable bonds is 11. The first kappa shape index (κ1) is 25.1. The lowest BCUT2D eigenvalue weighted by Crippen LogP contribution is -2.48. The molecule has 0 N–H and O–H groups in total. The van der Waals surface area contributed by atoms with Crippen molar-refractivity contribution in [3.8, 4) is 0 Å². The van der Waals surface area contributed by atoms with Crippen LogP contribution in [0.15, 0.2) is 24.3 Å². The SMILES string of the molecule is COC(=O)CC/C=C/[C@@H]1C[C@@H]2C(=O)C=C[C@@H]2[C@H]1CCO[Si](C(C)C)(C(C)C)C(C)C. The van der Waals surface area contributed by atoms with E-state index in [9.17, 15) is 9.59 Å². The Hall–Kier alpha value is -1.20. The maximum Gasteiger partial charge on any atom is 0.305 e. The summed E-state index contributed by atoms with van der Waals surface area (Å²) in [6.45, 7) is 14.7. The first-order valence-electron chi connectivity index (χ1n) is 11.7. The van der Waals surface area contributed by atoms with Gasteiger partial charge in [-0.1, -0.05) is 59.8 Å². The highest BCUT2D eigenvalue weighted by molar-refractivity contribution is 6.77. The first-order valence-corrected chi connectivity index (χ1v) is 13.9. The van der Waals surface area contributed by atoms with Crippen molar-refractivity contribution in [2.75, 3.05) is 13.7 Å². The minimum atomic E-state index is -1.87. The minimum Gasteiger partial charge on any atom is -0.469 e. The number of methoxy groups -OCH3 is 1. The molecule has 4 nitrogen and oxygen atoms in total. The summed E-state index contributed by atoms with van der Waals surface area (Å²) in [7, 11) is -0.447. The van der Waals surface area contributed by atoms with Gasteiger partial charge in [0.05, 0.1) is 7.11 Å². The molecule has 0 saturated heterocycles. The van der Waals surface area contributed by atoms with E-state index in [1.807, 2.05) is 0 Å². The average Bonchev–Trinajstić information content (AvgIpc) is 3.20. The molecule has 1 fully saturated rings. The van der Waals surface area contributed by atoms with Gasteiger partial charge in [0.15, 0.2) is 14.1 Å². The number of ether oxygens (including phenoxy) is 1. The van der Waals surface area contributed by atoms with Crippen LogP contribution in [-0.4, -0.2) is 33.8 Å². The number of esters is 1. The molecule has 0 aromatic carbocycles. The lowest BCUT2D eigenvalue weighted by Gasteiger charge is -2.42. The van der Waals surface area contributed by atoms with Crippen molar-refractivity contribution in [1.82, 2.24) is 0 Å². The van der Waals surface area contributed by atoms with Crippen LogP contribution in [0.4, 0.5) is 0 Å². The predicted molar refractivity (Wildman–Crippen MR) is 125 cm³/mol. The number of ketones is 1. The van der Waals surface area contributed by atoms with Crippen LogP contribution in [-0.2, 0) is 18.8 Å². The van der Waals surface area contributed by atoms with Gasteiger partial charge in [-0.3, -0.25) is 9.59 Å². The Kier molecular flexibility index (Phi) is 9.10. The van der Waals surface area contributed by atoms with Gasteiger partial charge in [0.1, 0.15) is 0 Å². The second-order valence-electron chi connectivity index (χ2n) is 10.0. The second-order valence-corrected chi connectivity index (χ2v) is 15.5. The van der Waals surface area contributed by atoms with E-state index in [0.717, 1.165) is 19.4 Å². The first-order chi connectivity index (χ1) is 14.1. The Morgan fingerprint density at radius 1 is 1.17 bits per heavy atom. The molecule has 170 valence electrons. The van der Waals surface area contributed by atoms with Crippen LogP contribution < -0.4 is 0 Å². The van der Waals surface area contributed by atoms with Gasteiger partial charge in [0.2, 0.25) is 0 Å². The molecule has 0 unspecified atom stereocenters. The molecule has 0 aliphatic heterocycles. The van der Waals surface area contributed by atoms with Gasteiger partial charge in [-0.05, 0) is 59.7 Å². The van der Waals surface area contributed by atoms with Crippen molar-refractivity contribution in [2.45, 2.75) is 83.8 Å². The molecular weight excluding hydrogens is 392 g/mol. The van der Waals surface area contributed by atoms with Crippen LogP contribution in [0, 0.1) is 23.7 Å². The van der Waals surface area contributed by atoms with Crippen LogP contribution in [0.2, 0.25) is 16.6 Å². The summed E-state index contributed by atoms with van der Waals surface area (Å²) in [6.07, 6.45) is 11.3. The number of carbonyl (C=O) groups is 2. The number of fused-ring (bicyclic) bond motifs is 1. The normalized spacial score (nSPS) is 26.5. The van der Waals surface area contributed by atoms with Crippen LogP contribution in [0.5, 0.6) is 0 Å². The van der Waals surface area contributed by atoms with E-state index in [0.29, 0.717) is 47.2 Å². The standard InChI is InChI=1S/C25H42O4Si/c1-17(2)30(18(3)4,19(5)6)29-15-14-21-20(10-8-9-11-25(27)28-7)16-23-22(21)12-13-24(23)26/h8,10,12-13,17-23H,9,11,14-16H2,1-7H3/b10-8+/t20-,21+,22-,23+/m1/s1. The lowest BCUT2D eigenvalue weighted by molar-refractivity contribution is -0.140. The number of carbonyl (C=O) groups excluding carboxylic acids is 2. The molecule has 0 heterocycles. The molecule has 4 atom stereocenters. The summed E-state index contributed by atoms with van der Waals surface area (Å²) in [5.41, 5.74) is 1.74. The van der Waals surface area contributed by atoms with E-state index in [4.69, 9.17) is 9.16 Å². The zero-order valence-electron chi connectivity index (χ0n) is 20.0. The maximum absolute atomic E-state index is 12.3. The number of allylic oxidation sites excluding steroid dienone is 4. The highest BCUT2D eigenvalue weighted by Crippen LogP contribution is 2.49.